The molecule has 1 saturated carbocycles. The van der Waals surface area contributed by atoms with Crippen molar-refractivity contribution in [2.45, 2.75) is 31.3 Å². The van der Waals surface area contributed by atoms with Crippen molar-refractivity contribution in [1.82, 2.24) is 9.13 Å². The van der Waals surface area contributed by atoms with Crippen LogP contribution in [-0.4, -0.2) is 15.2 Å². The number of rotatable bonds is 1. The molecule has 0 aromatic carbocycles. The van der Waals surface area contributed by atoms with Gasteiger partial charge in [-0.05, 0) is 19.3 Å². The molecule has 1 aromatic rings. The molecule has 0 amide bonds. The molecule has 72 valence electrons. The number of aromatic nitrogens is 2. The normalized spacial score (nSPS) is 28.2. The van der Waals surface area contributed by atoms with Gasteiger partial charge in [-0.15, -0.1) is 0 Å². The van der Waals surface area contributed by atoms with Crippen molar-refractivity contribution in [2.24, 2.45) is 12.8 Å². The summed E-state index contributed by atoms with van der Waals surface area (Å²) < 4.78 is 3.40. The van der Waals surface area contributed by atoms with Crippen LogP contribution in [0.4, 0.5) is 0 Å². The Morgan fingerprint density at radius 2 is 2.23 bits per heavy atom. The molecule has 4 heteroatoms. The highest BCUT2D eigenvalue weighted by Crippen LogP contribution is 2.27. The molecule has 0 radical (unpaired) electrons. The third-order valence-corrected chi connectivity index (χ3v) is 2.81. The van der Waals surface area contributed by atoms with Gasteiger partial charge in [0.2, 0.25) is 0 Å². The van der Waals surface area contributed by atoms with E-state index in [1.807, 2.05) is 6.20 Å². The van der Waals surface area contributed by atoms with Gasteiger partial charge >= 0.3 is 5.69 Å². The molecule has 0 saturated heterocycles. The first-order valence-corrected chi connectivity index (χ1v) is 4.67. The van der Waals surface area contributed by atoms with Crippen molar-refractivity contribution in [3.05, 3.63) is 22.9 Å². The Kier molecular flexibility index (Phi) is 2.00. The zero-order chi connectivity index (χ0) is 9.42. The van der Waals surface area contributed by atoms with Gasteiger partial charge in [0.1, 0.15) is 0 Å². The summed E-state index contributed by atoms with van der Waals surface area (Å²) in [5.74, 6) is 0. The summed E-state index contributed by atoms with van der Waals surface area (Å²) in [6, 6.07) is 0.598. The highest BCUT2D eigenvalue weighted by molar-refractivity contribution is 4.89. The number of hydrogen-bond donors (Lipinski definition) is 1. The second kappa shape index (κ2) is 3.03. The number of aryl methyl sites for hydroxylation is 1. The Bertz CT molecular complexity index is 352. The quantitative estimate of drug-likeness (QED) is 0.674. The van der Waals surface area contributed by atoms with Crippen LogP contribution in [0.15, 0.2) is 17.2 Å². The smallest absolute Gasteiger partial charge is 0.328 e. The third kappa shape index (κ3) is 1.42. The lowest BCUT2D eigenvalue weighted by atomic mass is 10.2. The highest BCUT2D eigenvalue weighted by atomic mass is 16.1. The molecule has 13 heavy (non-hydrogen) atoms. The molecular formula is C9H15N3O. The molecule has 2 atom stereocenters. The van der Waals surface area contributed by atoms with Gasteiger partial charge in [0.25, 0.3) is 0 Å². The molecule has 2 unspecified atom stereocenters. The lowest BCUT2D eigenvalue weighted by molar-refractivity contribution is 0.489. The third-order valence-electron chi connectivity index (χ3n) is 2.81. The van der Waals surface area contributed by atoms with Gasteiger partial charge in [0.15, 0.2) is 0 Å². The van der Waals surface area contributed by atoms with Crippen molar-refractivity contribution >= 4 is 0 Å². The summed E-state index contributed by atoms with van der Waals surface area (Å²) in [4.78, 5) is 11.5. The summed E-state index contributed by atoms with van der Waals surface area (Å²) in [7, 11) is 1.77. The van der Waals surface area contributed by atoms with Gasteiger partial charge < -0.3 is 10.3 Å². The molecule has 1 aliphatic rings. The van der Waals surface area contributed by atoms with E-state index in [0.717, 1.165) is 19.3 Å². The lowest BCUT2D eigenvalue weighted by Gasteiger charge is -2.09. The van der Waals surface area contributed by atoms with Gasteiger partial charge in [0.05, 0.1) is 0 Å². The molecule has 1 fully saturated rings. The Labute approximate surface area is 77.0 Å². The molecule has 0 spiro atoms. The first-order valence-electron chi connectivity index (χ1n) is 4.67. The molecule has 2 rings (SSSR count). The average molecular weight is 181 g/mol. The molecular weight excluding hydrogens is 166 g/mol. The first kappa shape index (κ1) is 8.56. The standard InChI is InChI=1S/C9H15N3O/c1-11-4-5-12(9(11)13)8-3-2-7(10)6-8/h4-5,7-8H,2-3,6,10H2,1H3. The summed E-state index contributed by atoms with van der Waals surface area (Å²) >= 11 is 0. The van der Waals surface area contributed by atoms with Crippen molar-refractivity contribution in [3.63, 3.8) is 0 Å². The van der Waals surface area contributed by atoms with E-state index in [4.69, 9.17) is 5.73 Å². The molecule has 1 aromatic heterocycles. The fraction of sp³-hybridized carbons (Fsp3) is 0.667. The van der Waals surface area contributed by atoms with Crippen LogP contribution < -0.4 is 11.4 Å². The van der Waals surface area contributed by atoms with E-state index in [1.165, 1.54) is 0 Å². The van der Waals surface area contributed by atoms with Crippen molar-refractivity contribution in [2.75, 3.05) is 0 Å². The maximum Gasteiger partial charge on any atom is 0.328 e. The predicted octanol–water partition coefficient (Wildman–Crippen LogP) is 0.239. The maximum atomic E-state index is 11.5. The molecule has 2 N–H and O–H groups in total. The van der Waals surface area contributed by atoms with Crippen LogP contribution >= 0.6 is 0 Å². The van der Waals surface area contributed by atoms with Crippen LogP contribution in [-0.2, 0) is 7.05 Å². The molecule has 4 nitrogen and oxygen atoms in total. The van der Waals surface area contributed by atoms with E-state index in [9.17, 15) is 4.79 Å². The van der Waals surface area contributed by atoms with E-state index in [0.29, 0.717) is 6.04 Å². The topological polar surface area (TPSA) is 52.9 Å². The SMILES string of the molecule is Cn1ccn(C2CCC(N)C2)c1=O. The van der Waals surface area contributed by atoms with Crippen LogP contribution in [0.3, 0.4) is 0 Å². The predicted molar refractivity (Wildman–Crippen MR) is 50.5 cm³/mol. The Morgan fingerprint density at radius 1 is 1.46 bits per heavy atom. The van der Waals surface area contributed by atoms with Crippen molar-refractivity contribution in [3.8, 4) is 0 Å². The summed E-state index contributed by atoms with van der Waals surface area (Å²) in [6.45, 7) is 0. The van der Waals surface area contributed by atoms with Crippen LogP contribution in [0.5, 0.6) is 0 Å². The molecule has 0 bridgehead atoms. The number of nitrogens with two attached hydrogens (primary N) is 1. The summed E-state index contributed by atoms with van der Waals surface area (Å²) in [5.41, 5.74) is 5.87. The largest absolute Gasteiger partial charge is 0.328 e. The Hall–Kier alpha value is -1.03. The Balaban J connectivity index is 2.26. The van der Waals surface area contributed by atoms with Gasteiger partial charge in [0, 0.05) is 31.5 Å². The molecule has 1 heterocycles. The average Bonchev–Trinajstić information content (AvgIpc) is 2.62. The van der Waals surface area contributed by atoms with Gasteiger partial charge in [-0.2, -0.15) is 0 Å². The summed E-state index contributed by atoms with van der Waals surface area (Å²) in [6.07, 6.45) is 6.65. The van der Waals surface area contributed by atoms with E-state index >= 15 is 0 Å². The van der Waals surface area contributed by atoms with Gasteiger partial charge in [-0.3, -0.25) is 4.57 Å². The zero-order valence-corrected chi connectivity index (χ0v) is 7.81. The minimum Gasteiger partial charge on any atom is -0.328 e. The lowest BCUT2D eigenvalue weighted by Crippen LogP contribution is -2.25. The van der Waals surface area contributed by atoms with Crippen LogP contribution in [0.2, 0.25) is 0 Å². The van der Waals surface area contributed by atoms with Gasteiger partial charge in [-0.25, -0.2) is 4.79 Å². The van der Waals surface area contributed by atoms with Crippen LogP contribution in [0.1, 0.15) is 25.3 Å². The number of nitrogens with zero attached hydrogens (tertiary/aromatic N) is 2. The Morgan fingerprint density at radius 3 is 2.69 bits per heavy atom. The minimum absolute atomic E-state index is 0.0686. The van der Waals surface area contributed by atoms with Gasteiger partial charge in [-0.1, -0.05) is 0 Å². The zero-order valence-electron chi connectivity index (χ0n) is 7.81. The minimum atomic E-state index is 0.0686. The monoisotopic (exact) mass is 181 g/mol. The van der Waals surface area contributed by atoms with Crippen molar-refractivity contribution < 1.29 is 0 Å². The molecule has 1 aliphatic carbocycles. The van der Waals surface area contributed by atoms with Crippen LogP contribution in [0.25, 0.3) is 0 Å². The van der Waals surface area contributed by atoms with Crippen LogP contribution in [0, 0.1) is 0 Å². The fourth-order valence-corrected chi connectivity index (χ4v) is 2.00. The van der Waals surface area contributed by atoms with Crippen molar-refractivity contribution in [1.29, 1.82) is 0 Å². The summed E-state index contributed by atoms with van der Waals surface area (Å²) in [5, 5.41) is 0. The van der Waals surface area contributed by atoms with E-state index in [2.05, 4.69) is 0 Å². The van der Waals surface area contributed by atoms with E-state index < -0.39 is 0 Å². The maximum absolute atomic E-state index is 11.5. The fourth-order valence-electron chi connectivity index (χ4n) is 2.00. The second-order valence-electron chi connectivity index (χ2n) is 3.83. The highest BCUT2D eigenvalue weighted by Gasteiger charge is 2.24. The number of hydrogen-bond acceptors (Lipinski definition) is 2. The van der Waals surface area contributed by atoms with E-state index in [-0.39, 0.29) is 11.7 Å². The van der Waals surface area contributed by atoms with E-state index in [1.54, 1.807) is 22.4 Å². The number of imidazole rings is 1. The molecule has 0 aliphatic heterocycles. The second-order valence-corrected chi connectivity index (χ2v) is 3.83. The first-order chi connectivity index (χ1) is 6.18.